The van der Waals surface area contributed by atoms with E-state index in [1.165, 1.54) is 11.1 Å². The van der Waals surface area contributed by atoms with Crippen LogP contribution in [-0.2, 0) is 18.6 Å². The highest BCUT2D eigenvalue weighted by atomic mass is 32.2. The Bertz CT molecular complexity index is 626. The van der Waals surface area contributed by atoms with Gasteiger partial charge in [0.05, 0.1) is 0 Å². The summed E-state index contributed by atoms with van der Waals surface area (Å²) in [6.07, 6.45) is 4.89. The van der Waals surface area contributed by atoms with Gasteiger partial charge in [-0.25, -0.2) is 0 Å². The Kier molecular flexibility index (Phi) is 6.58. The highest BCUT2D eigenvalue weighted by Crippen LogP contribution is 2.30. The van der Waals surface area contributed by atoms with Crippen molar-refractivity contribution >= 4 is 24.0 Å². The molecule has 0 saturated heterocycles. The van der Waals surface area contributed by atoms with E-state index in [1.807, 2.05) is 6.20 Å². The summed E-state index contributed by atoms with van der Waals surface area (Å²) in [7, 11) is 0. The summed E-state index contributed by atoms with van der Waals surface area (Å²) >= 11 is 6.86. The molecule has 0 bridgehead atoms. The van der Waals surface area contributed by atoms with Crippen LogP contribution in [0.15, 0.2) is 24.4 Å². The van der Waals surface area contributed by atoms with Gasteiger partial charge >= 0.3 is 0 Å². The summed E-state index contributed by atoms with van der Waals surface area (Å²) in [6.45, 7) is 6.52. The van der Waals surface area contributed by atoms with Crippen molar-refractivity contribution in [3.8, 4) is 5.75 Å². The van der Waals surface area contributed by atoms with E-state index in [1.54, 1.807) is 11.8 Å². The van der Waals surface area contributed by atoms with E-state index in [9.17, 15) is 0 Å². The molecule has 0 amide bonds. The molecule has 1 heterocycles. The van der Waals surface area contributed by atoms with Gasteiger partial charge in [-0.3, -0.25) is 0 Å². The molecule has 0 spiro atoms. The summed E-state index contributed by atoms with van der Waals surface area (Å²) in [5.41, 5.74) is 3.84. The van der Waals surface area contributed by atoms with Gasteiger partial charge in [0.2, 0.25) is 0 Å². The zero-order chi connectivity index (χ0) is 15.9. The molecular weight excluding hydrogens is 312 g/mol. The van der Waals surface area contributed by atoms with Gasteiger partial charge in [0.1, 0.15) is 11.2 Å². The summed E-state index contributed by atoms with van der Waals surface area (Å²) in [6, 6.07) is 6.45. The molecule has 2 rings (SSSR count). The first-order valence-electron chi connectivity index (χ1n) is 7.83. The predicted molar refractivity (Wildman–Crippen MR) is 97.2 cm³/mol. The van der Waals surface area contributed by atoms with Gasteiger partial charge in [-0.05, 0) is 42.6 Å². The lowest BCUT2D eigenvalue weighted by atomic mass is 10.0. The molecule has 1 unspecified atom stereocenters. The minimum atomic E-state index is 0.148. The van der Waals surface area contributed by atoms with E-state index in [0.717, 1.165) is 36.5 Å². The molecule has 0 fully saturated rings. The summed E-state index contributed by atoms with van der Waals surface area (Å²) in [4.78, 5) is 6.15. The zero-order valence-electron chi connectivity index (χ0n) is 13.4. The molecule has 5 heteroatoms. The number of rotatable bonds is 8. The van der Waals surface area contributed by atoms with Crippen molar-refractivity contribution in [2.24, 2.45) is 0 Å². The fourth-order valence-electron chi connectivity index (χ4n) is 2.34. The maximum absolute atomic E-state index is 6.35. The second kappa shape index (κ2) is 8.44. The summed E-state index contributed by atoms with van der Waals surface area (Å²) in [5, 5.41) is 0. The Morgan fingerprint density at radius 1 is 1.18 bits per heavy atom. The van der Waals surface area contributed by atoms with E-state index < -0.39 is 0 Å². The van der Waals surface area contributed by atoms with Gasteiger partial charge in [-0.1, -0.05) is 39.0 Å². The van der Waals surface area contributed by atoms with Crippen LogP contribution < -0.4 is 4.74 Å². The molecule has 1 aromatic heterocycles. The van der Waals surface area contributed by atoms with Crippen LogP contribution in [0.25, 0.3) is 0 Å². The highest BCUT2D eigenvalue weighted by molar-refractivity contribution is 7.99. The molecule has 0 saturated carbocycles. The van der Waals surface area contributed by atoms with E-state index >= 15 is 0 Å². The van der Waals surface area contributed by atoms with Crippen LogP contribution in [0.3, 0.4) is 0 Å². The van der Waals surface area contributed by atoms with Crippen molar-refractivity contribution in [2.45, 2.75) is 51.2 Å². The maximum atomic E-state index is 6.35. The lowest BCUT2D eigenvalue weighted by Gasteiger charge is -2.21. The maximum Gasteiger partial charge on any atom is 0.174 e. The van der Waals surface area contributed by atoms with Gasteiger partial charge < -0.3 is 14.7 Å². The van der Waals surface area contributed by atoms with E-state index in [0.29, 0.717) is 4.77 Å². The molecule has 2 N–H and O–H groups in total. The second-order valence-electron chi connectivity index (χ2n) is 5.15. The molecule has 0 aliphatic carbocycles. The molecule has 1 aromatic carbocycles. The lowest BCUT2D eigenvalue weighted by Crippen LogP contribution is -2.13. The van der Waals surface area contributed by atoms with Crippen LogP contribution in [-0.4, -0.2) is 15.4 Å². The van der Waals surface area contributed by atoms with E-state index in [4.69, 9.17) is 17.0 Å². The van der Waals surface area contributed by atoms with Crippen LogP contribution in [0.5, 0.6) is 5.75 Å². The topological polar surface area (TPSA) is 40.8 Å². The Morgan fingerprint density at radius 2 is 1.86 bits per heavy atom. The Balaban J connectivity index is 2.08. The monoisotopic (exact) mass is 336 g/mol. The molecular formula is C17H24N2OS2. The van der Waals surface area contributed by atoms with E-state index in [-0.39, 0.29) is 5.44 Å². The van der Waals surface area contributed by atoms with Gasteiger partial charge in [0.25, 0.3) is 0 Å². The smallest absolute Gasteiger partial charge is 0.174 e. The van der Waals surface area contributed by atoms with Crippen LogP contribution >= 0.6 is 24.0 Å². The molecule has 0 aliphatic rings. The number of hydrogen-bond acceptors (Lipinski definition) is 3. The normalized spacial score (nSPS) is 12.3. The Hall–Kier alpha value is -1.20. The third-order valence-electron chi connectivity index (χ3n) is 3.60. The number of hydrogen-bond donors (Lipinski definition) is 2. The van der Waals surface area contributed by atoms with Crippen LogP contribution in [0.2, 0.25) is 0 Å². The summed E-state index contributed by atoms with van der Waals surface area (Å²) in [5.74, 6) is 1.94. The lowest BCUT2D eigenvalue weighted by molar-refractivity contribution is 0.278. The highest BCUT2D eigenvalue weighted by Gasteiger charge is 2.14. The van der Waals surface area contributed by atoms with Gasteiger partial charge in [0.15, 0.2) is 4.77 Å². The fraction of sp³-hybridized carbons (Fsp3) is 0.471. The van der Waals surface area contributed by atoms with Crippen molar-refractivity contribution in [2.75, 3.05) is 0 Å². The zero-order valence-corrected chi connectivity index (χ0v) is 15.1. The average Bonchev–Trinajstić information content (AvgIpc) is 2.96. The predicted octanol–water partition coefficient (Wildman–Crippen LogP) is 5.25. The number of aromatic nitrogens is 2. The average molecular weight is 337 g/mol. The number of aromatic amines is 2. The Morgan fingerprint density at radius 3 is 2.36 bits per heavy atom. The Labute approximate surface area is 141 Å². The number of aryl methyl sites for hydroxylation is 2. The van der Waals surface area contributed by atoms with Crippen LogP contribution in [0.1, 0.15) is 44.0 Å². The fourth-order valence-corrected chi connectivity index (χ4v) is 3.45. The standard InChI is InChI=1S/C17H24N2OS2/c1-4-12-8-7-9-13(5-2)16(12)20-15(6-3)22-11-14-10-18-17(21)19-14/h7-10,15H,4-6,11H2,1-3H3,(H2,18,19,21). The van der Waals surface area contributed by atoms with Gasteiger partial charge in [-0.2, -0.15) is 0 Å². The van der Waals surface area contributed by atoms with Crippen LogP contribution in [0.4, 0.5) is 0 Å². The third-order valence-corrected chi connectivity index (χ3v) is 5.10. The molecule has 22 heavy (non-hydrogen) atoms. The van der Waals surface area contributed by atoms with Gasteiger partial charge in [0, 0.05) is 17.6 Å². The number of ether oxygens (including phenoxy) is 1. The molecule has 1 atom stereocenters. The number of benzene rings is 1. The first-order valence-corrected chi connectivity index (χ1v) is 9.29. The van der Waals surface area contributed by atoms with Gasteiger partial charge in [-0.15, -0.1) is 11.8 Å². The van der Waals surface area contributed by atoms with Crippen molar-refractivity contribution in [3.05, 3.63) is 46.0 Å². The van der Waals surface area contributed by atoms with Crippen LogP contribution in [0, 0.1) is 4.77 Å². The third kappa shape index (κ3) is 4.40. The number of para-hydroxylation sites is 1. The van der Waals surface area contributed by atoms with E-state index in [2.05, 4.69) is 48.9 Å². The quantitative estimate of drug-likeness (QED) is 0.511. The number of H-pyrrole nitrogens is 2. The molecule has 0 aliphatic heterocycles. The van der Waals surface area contributed by atoms with Crippen molar-refractivity contribution in [3.63, 3.8) is 0 Å². The molecule has 120 valence electrons. The molecule has 3 nitrogen and oxygen atoms in total. The first kappa shape index (κ1) is 17.2. The van der Waals surface area contributed by atoms with Crippen molar-refractivity contribution in [1.82, 2.24) is 9.97 Å². The number of imidazole rings is 1. The van der Waals surface area contributed by atoms with Crippen molar-refractivity contribution < 1.29 is 4.74 Å². The first-order chi connectivity index (χ1) is 10.7. The summed E-state index contributed by atoms with van der Waals surface area (Å²) < 4.78 is 7.02. The second-order valence-corrected chi connectivity index (χ2v) is 6.70. The largest absolute Gasteiger partial charge is 0.479 e. The minimum Gasteiger partial charge on any atom is -0.479 e. The van der Waals surface area contributed by atoms with Crippen molar-refractivity contribution in [1.29, 1.82) is 0 Å². The number of thioether (sulfide) groups is 1. The minimum absolute atomic E-state index is 0.148. The molecule has 2 aromatic rings. The SMILES string of the molecule is CCc1cccc(CC)c1OC(CC)SCc1c[nH]c(=S)[nH]1. The molecule has 0 radical (unpaired) electrons. The number of nitrogens with one attached hydrogen (secondary N) is 2.